The van der Waals surface area contributed by atoms with Crippen molar-refractivity contribution in [3.63, 3.8) is 0 Å². The number of fused-ring (bicyclic) bond motifs is 1. The SMILES string of the molecule is C.CO.O=C(NCc1ccccc1)c1cc2cc(O)ccc2[nH]1. The number of phenols is 1. The summed E-state index contributed by atoms with van der Waals surface area (Å²) in [6, 6.07) is 16.4. The van der Waals surface area contributed by atoms with Crippen LogP contribution >= 0.6 is 0 Å². The third kappa shape index (κ3) is 4.59. The number of nitrogens with one attached hydrogen (secondary N) is 2. The lowest BCUT2D eigenvalue weighted by Crippen LogP contribution is -2.22. The molecule has 0 fully saturated rings. The summed E-state index contributed by atoms with van der Waals surface area (Å²) in [5.41, 5.74) is 2.36. The molecule has 1 heterocycles. The summed E-state index contributed by atoms with van der Waals surface area (Å²) in [7, 11) is 1.00. The summed E-state index contributed by atoms with van der Waals surface area (Å²) in [6.07, 6.45) is 0. The Morgan fingerprint density at radius 3 is 2.48 bits per heavy atom. The molecule has 0 aliphatic rings. The molecule has 0 saturated heterocycles. The maximum atomic E-state index is 12.1. The van der Waals surface area contributed by atoms with Gasteiger partial charge in [-0.1, -0.05) is 37.8 Å². The van der Waals surface area contributed by atoms with Crippen molar-refractivity contribution in [2.75, 3.05) is 7.11 Å². The second-order valence-corrected chi connectivity index (χ2v) is 4.62. The Kier molecular flexibility index (Phi) is 6.83. The van der Waals surface area contributed by atoms with Crippen LogP contribution in [0.15, 0.2) is 54.6 Å². The van der Waals surface area contributed by atoms with Gasteiger partial charge >= 0.3 is 0 Å². The van der Waals surface area contributed by atoms with Gasteiger partial charge in [-0.2, -0.15) is 0 Å². The Hall–Kier alpha value is -2.79. The van der Waals surface area contributed by atoms with E-state index < -0.39 is 0 Å². The van der Waals surface area contributed by atoms with E-state index in [0.29, 0.717) is 12.2 Å². The summed E-state index contributed by atoms with van der Waals surface area (Å²) in [5.74, 6) is 0.0253. The number of phenolic OH excluding ortho intramolecular Hbond substituents is 1. The van der Waals surface area contributed by atoms with Gasteiger partial charge in [0.1, 0.15) is 11.4 Å². The molecular formula is C18H22N2O3. The second kappa shape index (κ2) is 8.60. The number of carbonyl (C=O) groups excluding carboxylic acids is 1. The number of aromatic hydroxyl groups is 1. The lowest BCUT2D eigenvalue weighted by molar-refractivity contribution is 0.0946. The van der Waals surface area contributed by atoms with Crippen LogP contribution in [0.25, 0.3) is 10.9 Å². The molecule has 5 nitrogen and oxygen atoms in total. The van der Waals surface area contributed by atoms with Gasteiger partial charge in [0.15, 0.2) is 0 Å². The first-order chi connectivity index (χ1) is 10.7. The molecular weight excluding hydrogens is 292 g/mol. The van der Waals surface area contributed by atoms with E-state index in [4.69, 9.17) is 5.11 Å². The Morgan fingerprint density at radius 1 is 1.09 bits per heavy atom. The molecule has 0 saturated carbocycles. The molecule has 1 aromatic heterocycles. The van der Waals surface area contributed by atoms with Crippen LogP contribution in [0.5, 0.6) is 5.75 Å². The van der Waals surface area contributed by atoms with Gasteiger partial charge in [0.25, 0.3) is 5.91 Å². The van der Waals surface area contributed by atoms with Gasteiger partial charge in [0.2, 0.25) is 0 Å². The average molecular weight is 314 g/mol. The number of H-pyrrole nitrogens is 1. The van der Waals surface area contributed by atoms with Gasteiger partial charge in [-0.3, -0.25) is 4.79 Å². The van der Waals surface area contributed by atoms with Crippen molar-refractivity contribution in [3.8, 4) is 5.75 Å². The molecule has 0 spiro atoms. The fourth-order valence-electron chi connectivity index (χ4n) is 2.12. The van der Waals surface area contributed by atoms with Crippen molar-refractivity contribution in [1.29, 1.82) is 0 Å². The van der Waals surface area contributed by atoms with Crippen molar-refractivity contribution in [1.82, 2.24) is 10.3 Å². The minimum absolute atomic E-state index is 0. The normalized spacial score (nSPS) is 9.48. The van der Waals surface area contributed by atoms with Crippen LogP contribution in [0.1, 0.15) is 23.5 Å². The van der Waals surface area contributed by atoms with E-state index in [0.717, 1.165) is 23.6 Å². The monoisotopic (exact) mass is 314 g/mol. The van der Waals surface area contributed by atoms with Crippen molar-refractivity contribution in [2.45, 2.75) is 14.0 Å². The third-order valence-corrected chi connectivity index (χ3v) is 3.14. The summed E-state index contributed by atoms with van der Waals surface area (Å²) in [6.45, 7) is 0.486. The molecule has 3 rings (SSSR count). The van der Waals surface area contributed by atoms with Crippen LogP contribution in [0, 0.1) is 0 Å². The summed E-state index contributed by atoms with van der Waals surface area (Å²) >= 11 is 0. The highest BCUT2D eigenvalue weighted by Gasteiger charge is 2.09. The van der Waals surface area contributed by atoms with E-state index in [9.17, 15) is 9.90 Å². The lowest BCUT2D eigenvalue weighted by atomic mass is 10.2. The average Bonchev–Trinajstić information content (AvgIpc) is 2.98. The van der Waals surface area contributed by atoms with Crippen molar-refractivity contribution in [3.05, 3.63) is 65.9 Å². The maximum absolute atomic E-state index is 12.1. The number of aromatic nitrogens is 1. The minimum atomic E-state index is -0.162. The van der Waals surface area contributed by atoms with Crippen molar-refractivity contribution in [2.24, 2.45) is 0 Å². The highest BCUT2D eigenvalue weighted by Crippen LogP contribution is 2.20. The van der Waals surface area contributed by atoms with E-state index >= 15 is 0 Å². The van der Waals surface area contributed by atoms with Gasteiger partial charge in [-0.25, -0.2) is 0 Å². The molecule has 2 aromatic carbocycles. The van der Waals surface area contributed by atoms with E-state index in [1.165, 1.54) is 0 Å². The summed E-state index contributed by atoms with van der Waals surface area (Å²) in [5, 5.41) is 20.1. The van der Waals surface area contributed by atoms with Crippen molar-refractivity contribution < 1.29 is 15.0 Å². The first kappa shape index (κ1) is 18.3. The van der Waals surface area contributed by atoms with E-state index in [1.54, 1.807) is 24.3 Å². The van der Waals surface area contributed by atoms with Crippen LogP contribution in [-0.2, 0) is 6.54 Å². The van der Waals surface area contributed by atoms with E-state index in [1.807, 2.05) is 30.3 Å². The number of rotatable bonds is 3. The number of aliphatic hydroxyl groups excluding tert-OH is 1. The topological polar surface area (TPSA) is 85.3 Å². The Morgan fingerprint density at radius 2 is 1.78 bits per heavy atom. The lowest BCUT2D eigenvalue weighted by Gasteiger charge is -2.03. The molecule has 4 N–H and O–H groups in total. The molecule has 5 heteroatoms. The zero-order chi connectivity index (χ0) is 15.9. The van der Waals surface area contributed by atoms with Gasteiger partial charge in [0.05, 0.1) is 0 Å². The van der Waals surface area contributed by atoms with Crippen LogP contribution in [0.2, 0.25) is 0 Å². The first-order valence-corrected chi connectivity index (χ1v) is 6.81. The number of aromatic amines is 1. The number of aliphatic hydroxyl groups is 1. The van der Waals surface area contributed by atoms with E-state index in [2.05, 4.69) is 10.3 Å². The largest absolute Gasteiger partial charge is 0.508 e. The predicted octanol–water partition coefficient (Wildman–Crippen LogP) is 3.05. The molecule has 23 heavy (non-hydrogen) atoms. The number of amides is 1. The molecule has 0 aliphatic heterocycles. The fourth-order valence-corrected chi connectivity index (χ4v) is 2.12. The minimum Gasteiger partial charge on any atom is -0.508 e. The third-order valence-electron chi connectivity index (χ3n) is 3.14. The molecule has 0 radical (unpaired) electrons. The molecule has 0 unspecified atom stereocenters. The summed E-state index contributed by atoms with van der Waals surface area (Å²) < 4.78 is 0. The zero-order valence-electron chi connectivity index (χ0n) is 12.2. The number of carbonyl (C=O) groups is 1. The first-order valence-electron chi connectivity index (χ1n) is 6.81. The highest BCUT2D eigenvalue weighted by molar-refractivity contribution is 5.98. The molecule has 1 amide bonds. The van der Waals surface area contributed by atoms with Crippen LogP contribution < -0.4 is 5.32 Å². The van der Waals surface area contributed by atoms with Gasteiger partial charge < -0.3 is 20.5 Å². The Balaban J connectivity index is 0.000000849. The molecule has 0 aliphatic carbocycles. The van der Waals surface area contributed by atoms with Gasteiger partial charge in [-0.15, -0.1) is 0 Å². The Labute approximate surface area is 135 Å². The maximum Gasteiger partial charge on any atom is 0.267 e. The van der Waals surface area contributed by atoms with Crippen molar-refractivity contribution >= 4 is 16.8 Å². The number of hydrogen-bond donors (Lipinski definition) is 4. The highest BCUT2D eigenvalue weighted by atomic mass is 16.3. The Bertz CT molecular complexity index is 751. The molecule has 3 aromatic rings. The summed E-state index contributed by atoms with van der Waals surface area (Å²) in [4.78, 5) is 15.1. The quantitative estimate of drug-likeness (QED) is 0.599. The fraction of sp³-hybridized carbons (Fsp3) is 0.167. The molecule has 0 atom stereocenters. The molecule has 0 bridgehead atoms. The standard InChI is InChI=1S/C16H14N2O2.CH4O.CH4/c19-13-6-7-14-12(8-13)9-15(18-14)16(20)17-10-11-4-2-1-3-5-11;1-2;/h1-9,18-19H,10H2,(H,17,20);2H,1H3;1H4. The smallest absolute Gasteiger partial charge is 0.267 e. The van der Waals surface area contributed by atoms with Gasteiger partial charge in [-0.05, 0) is 29.8 Å². The van der Waals surface area contributed by atoms with Crippen LogP contribution in [0.4, 0.5) is 0 Å². The number of benzene rings is 2. The van der Waals surface area contributed by atoms with E-state index in [-0.39, 0.29) is 19.1 Å². The zero-order valence-corrected chi connectivity index (χ0v) is 12.2. The molecule has 122 valence electrons. The second-order valence-electron chi connectivity index (χ2n) is 4.62. The van der Waals surface area contributed by atoms with Gasteiger partial charge in [0, 0.05) is 24.6 Å². The van der Waals surface area contributed by atoms with Crippen LogP contribution in [0.3, 0.4) is 0 Å². The predicted molar refractivity (Wildman–Crippen MR) is 92.4 cm³/mol. The number of hydrogen-bond acceptors (Lipinski definition) is 3. The van der Waals surface area contributed by atoms with Crippen LogP contribution in [-0.4, -0.2) is 28.2 Å².